The Bertz CT molecular complexity index is 1030. The molecule has 0 aliphatic carbocycles. The minimum absolute atomic E-state index is 0.121. The molecule has 3 heterocycles. The summed E-state index contributed by atoms with van der Waals surface area (Å²) in [5.74, 6) is 2.86. The molecule has 1 fully saturated rings. The minimum atomic E-state index is -0.121. The van der Waals surface area contributed by atoms with Gasteiger partial charge in [0.2, 0.25) is 0 Å². The molecule has 2 amide bonds. The predicted molar refractivity (Wildman–Crippen MR) is 120 cm³/mol. The number of hydrogen-bond donors (Lipinski definition) is 2. The van der Waals surface area contributed by atoms with Crippen LogP contribution in [-0.2, 0) is 0 Å². The van der Waals surface area contributed by atoms with Gasteiger partial charge in [-0.3, -0.25) is 0 Å². The Labute approximate surface area is 181 Å². The van der Waals surface area contributed by atoms with Crippen molar-refractivity contribution < 1.29 is 9.53 Å². The second-order valence-corrected chi connectivity index (χ2v) is 7.20. The van der Waals surface area contributed by atoms with E-state index in [1.807, 2.05) is 55.5 Å². The highest BCUT2D eigenvalue weighted by Crippen LogP contribution is 2.19. The van der Waals surface area contributed by atoms with Crippen LogP contribution in [0.4, 0.5) is 27.9 Å². The van der Waals surface area contributed by atoms with Crippen LogP contribution in [0.5, 0.6) is 5.75 Å². The maximum atomic E-state index is 12.6. The molecule has 160 valence electrons. The van der Waals surface area contributed by atoms with Crippen molar-refractivity contribution in [2.45, 2.75) is 6.92 Å². The number of pyridine rings is 1. The first-order chi connectivity index (χ1) is 15.1. The smallest absolute Gasteiger partial charge is 0.321 e. The van der Waals surface area contributed by atoms with Crippen LogP contribution in [0.25, 0.3) is 0 Å². The van der Waals surface area contributed by atoms with Gasteiger partial charge in [0.25, 0.3) is 0 Å². The molecular weight excluding hydrogens is 394 g/mol. The van der Waals surface area contributed by atoms with Gasteiger partial charge >= 0.3 is 6.03 Å². The quantitative estimate of drug-likeness (QED) is 0.655. The number of hydrogen-bond acceptors (Lipinski definition) is 7. The number of carbonyl (C=O) groups excluding carboxylic acids is 1. The van der Waals surface area contributed by atoms with E-state index < -0.39 is 0 Å². The van der Waals surface area contributed by atoms with E-state index in [1.165, 1.54) is 0 Å². The number of benzene rings is 1. The average molecular weight is 419 g/mol. The molecule has 31 heavy (non-hydrogen) atoms. The minimum Gasteiger partial charge on any atom is -0.497 e. The molecule has 4 rings (SSSR count). The van der Waals surface area contributed by atoms with Gasteiger partial charge < -0.3 is 25.2 Å². The molecule has 3 aromatic rings. The number of anilines is 4. The first kappa shape index (κ1) is 20.4. The zero-order valence-electron chi connectivity index (χ0n) is 17.6. The van der Waals surface area contributed by atoms with Crippen molar-refractivity contribution in [3.05, 3.63) is 60.3 Å². The summed E-state index contributed by atoms with van der Waals surface area (Å²) in [5.41, 5.74) is 1.65. The van der Waals surface area contributed by atoms with Crippen LogP contribution in [0.15, 0.2) is 54.6 Å². The molecule has 1 saturated heterocycles. The van der Waals surface area contributed by atoms with E-state index >= 15 is 0 Å². The Morgan fingerprint density at radius 1 is 0.968 bits per heavy atom. The van der Waals surface area contributed by atoms with E-state index in [0.717, 1.165) is 17.3 Å². The molecule has 2 aromatic heterocycles. The van der Waals surface area contributed by atoms with Crippen molar-refractivity contribution in [3.8, 4) is 5.75 Å². The number of nitrogens with zero attached hydrogens (tertiary/aromatic N) is 5. The van der Waals surface area contributed by atoms with Crippen LogP contribution in [0.1, 0.15) is 5.69 Å². The molecule has 2 N–H and O–H groups in total. The third-order valence-electron chi connectivity index (χ3n) is 5.01. The van der Waals surface area contributed by atoms with Gasteiger partial charge in [-0.25, -0.2) is 9.78 Å². The van der Waals surface area contributed by atoms with Gasteiger partial charge in [0, 0.05) is 43.6 Å². The zero-order chi connectivity index (χ0) is 21.6. The highest BCUT2D eigenvalue weighted by molar-refractivity contribution is 5.89. The molecule has 9 nitrogen and oxygen atoms in total. The van der Waals surface area contributed by atoms with Gasteiger partial charge in [0.1, 0.15) is 11.6 Å². The maximum Gasteiger partial charge on any atom is 0.321 e. The second-order valence-electron chi connectivity index (χ2n) is 7.20. The van der Waals surface area contributed by atoms with Crippen molar-refractivity contribution in [2.75, 3.05) is 48.8 Å². The third kappa shape index (κ3) is 5.19. The predicted octanol–water partition coefficient (Wildman–Crippen LogP) is 3.29. The van der Waals surface area contributed by atoms with Crippen LogP contribution >= 0.6 is 0 Å². The lowest BCUT2D eigenvalue weighted by atomic mass is 10.3. The van der Waals surface area contributed by atoms with Gasteiger partial charge in [-0.1, -0.05) is 12.1 Å². The number of aromatic nitrogens is 3. The summed E-state index contributed by atoms with van der Waals surface area (Å²) in [4.78, 5) is 20.9. The Balaban J connectivity index is 1.30. The van der Waals surface area contributed by atoms with Gasteiger partial charge in [-0.15, -0.1) is 10.2 Å². The summed E-state index contributed by atoms with van der Waals surface area (Å²) in [6.07, 6.45) is 0. The molecule has 0 atom stereocenters. The number of methoxy groups -OCH3 is 1. The van der Waals surface area contributed by atoms with E-state index in [4.69, 9.17) is 4.74 Å². The summed E-state index contributed by atoms with van der Waals surface area (Å²) < 4.78 is 5.20. The molecule has 1 aliphatic rings. The summed E-state index contributed by atoms with van der Waals surface area (Å²) in [7, 11) is 1.60. The largest absolute Gasteiger partial charge is 0.497 e. The number of ether oxygens (including phenoxy) is 1. The third-order valence-corrected chi connectivity index (χ3v) is 5.01. The average Bonchev–Trinajstić information content (AvgIpc) is 2.80. The standard InChI is InChI=1S/C22H25N7O2/c1-16-5-3-8-19(23-16)25-20-9-10-21(27-26-20)28-11-13-29(14-12-28)22(30)24-17-6-4-7-18(15-17)31-2/h3-10,15H,11-14H2,1-2H3,(H,24,30)(H,23,25,26). The molecule has 9 heteroatoms. The zero-order valence-corrected chi connectivity index (χ0v) is 17.6. The SMILES string of the molecule is COc1cccc(NC(=O)N2CCN(c3ccc(Nc4cccc(C)n4)nn3)CC2)c1. The number of piperazine rings is 1. The Morgan fingerprint density at radius 2 is 1.77 bits per heavy atom. The lowest BCUT2D eigenvalue weighted by molar-refractivity contribution is 0.208. The van der Waals surface area contributed by atoms with Crippen molar-refractivity contribution in [1.82, 2.24) is 20.1 Å². The molecule has 0 saturated carbocycles. The highest BCUT2D eigenvalue weighted by atomic mass is 16.5. The lowest BCUT2D eigenvalue weighted by Crippen LogP contribution is -2.50. The van der Waals surface area contributed by atoms with E-state index in [1.54, 1.807) is 18.1 Å². The lowest BCUT2D eigenvalue weighted by Gasteiger charge is -2.35. The molecule has 0 spiro atoms. The van der Waals surface area contributed by atoms with Crippen molar-refractivity contribution in [1.29, 1.82) is 0 Å². The Kier molecular flexibility index (Phi) is 6.11. The first-order valence-electron chi connectivity index (χ1n) is 10.1. The number of carbonyl (C=O) groups is 1. The number of aryl methyl sites for hydroxylation is 1. The molecule has 1 aliphatic heterocycles. The van der Waals surface area contributed by atoms with E-state index in [9.17, 15) is 4.79 Å². The first-order valence-corrected chi connectivity index (χ1v) is 10.1. The summed E-state index contributed by atoms with van der Waals surface area (Å²) in [6.45, 7) is 4.52. The van der Waals surface area contributed by atoms with Crippen LogP contribution in [0.3, 0.4) is 0 Å². The van der Waals surface area contributed by atoms with Crippen LogP contribution in [0.2, 0.25) is 0 Å². The van der Waals surface area contributed by atoms with Gasteiger partial charge in [-0.05, 0) is 43.3 Å². The number of amides is 2. The normalized spacial score (nSPS) is 13.6. The maximum absolute atomic E-state index is 12.6. The number of nitrogens with one attached hydrogen (secondary N) is 2. The fraction of sp³-hybridized carbons (Fsp3) is 0.273. The van der Waals surface area contributed by atoms with Crippen molar-refractivity contribution in [3.63, 3.8) is 0 Å². The van der Waals surface area contributed by atoms with Gasteiger partial charge in [0.15, 0.2) is 11.6 Å². The van der Waals surface area contributed by atoms with E-state index in [-0.39, 0.29) is 6.03 Å². The highest BCUT2D eigenvalue weighted by Gasteiger charge is 2.22. The summed E-state index contributed by atoms with van der Waals surface area (Å²) in [5, 5.41) is 14.7. The summed E-state index contributed by atoms with van der Waals surface area (Å²) in [6, 6.07) is 16.8. The molecule has 0 unspecified atom stereocenters. The van der Waals surface area contributed by atoms with Crippen molar-refractivity contribution >= 4 is 29.2 Å². The Hall–Kier alpha value is -3.88. The van der Waals surface area contributed by atoms with E-state index in [2.05, 4.69) is 30.7 Å². The van der Waals surface area contributed by atoms with Crippen molar-refractivity contribution in [2.24, 2.45) is 0 Å². The molecule has 1 aromatic carbocycles. The number of urea groups is 1. The molecular formula is C22H25N7O2. The topological polar surface area (TPSA) is 95.5 Å². The fourth-order valence-electron chi connectivity index (χ4n) is 3.35. The van der Waals surface area contributed by atoms with Crippen LogP contribution < -0.4 is 20.3 Å². The monoisotopic (exact) mass is 419 g/mol. The second kappa shape index (κ2) is 9.29. The number of rotatable bonds is 5. The van der Waals surface area contributed by atoms with Crippen LogP contribution in [0, 0.1) is 6.92 Å². The van der Waals surface area contributed by atoms with Gasteiger partial charge in [0.05, 0.1) is 7.11 Å². The summed E-state index contributed by atoms with van der Waals surface area (Å²) >= 11 is 0. The molecule has 0 radical (unpaired) electrons. The molecule has 0 bridgehead atoms. The fourth-order valence-corrected chi connectivity index (χ4v) is 3.35. The Morgan fingerprint density at radius 3 is 2.48 bits per heavy atom. The van der Waals surface area contributed by atoms with E-state index in [0.29, 0.717) is 43.4 Å². The van der Waals surface area contributed by atoms with Gasteiger partial charge in [-0.2, -0.15) is 0 Å². The van der Waals surface area contributed by atoms with Crippen LogP contribution in [-0.4, -0.2) is 59.4 Å².